The summed E-state index contributed by atoms with van der Waals surface area (Å²) >= 11 is 1.59. The van der Waals surface area contributed by atoms with Crippen molar-refractivity contribution in [1.82, 2.24) is 5.32 Å². The zero-order valence-corrected chi connectivity index (χ0v) is 13.2. The summed E-state index contributed by atoms with van der Waals surface area (Å²) in [6.45, 7) is 0. The van der Waals surface area contributed by atoms with Gasteiger partial charge in [0.2, 0.25) is 0 Å². The summed E-state index contributed by atoms with van der Waals surface area (Å²) in [5, 5.41) is 2.67. The average molecular weight is 312 g/mol. The van der Waals surface area contributed by atoms with Crippen LogP contribution in [0.5, 0.6) is 5.75 Å². The van der Waals surface area contributed by atoms with Gasteiger partial charge >= 0.3 is 5.97 Å². The zero-order valence-electron chi connectivity index (χ0n) is 12.3. The minimum absolute atomic E-state index is 0.371. The maximum absolute atomic E-state index is 12.2. The van der Waals surface area contributed by atoms with E-state index in [9.17, 15) is 9.59 Å². The summed E-state index contributed by atoms with van der Waals surface area (Å²) < 4.78 is 9.78. The highest BCUT2D eigenvalue weighted by atomic mass is 32.2. The molecule has 0 unspecified atom stereocenters. The Balaban J connectivity index is 2.83. The van der Waals surface area contributed by atoms with E-state index in [1.165, 1.54) is 20.3 Å². The largest absolute Gasteiger partial charge is 0.495 e. The molecular weight excluding hydrogens is 292 g/mol. The third-order valence-corrected chi connectivity index (χ3v) is 3.54. The van der Waals surface area contributed by atoms with Crippen molar-refractivity contribution in [3.05, 3.63) is 23.8 Å². The summed E-state index contributed by atoms with van der Waals surface area (Å²) in [5.74, 6) is 0.330. The van der Waals surface area contributed by atoms with Crippen molar-refractivity contribution in [3.8, 4) is 5.75 Å². The highest BCUT2D eigenvalue weighted by Gasteiger charge is 2.22. The van der Waals surface area contributed by atoms with Crippen molar-refractivity contribution in [2.75, 3.05) is 32.0 Å². The quantitative estimate of drug-likeness (QED) is 0.582. The van der Waals surface area contributed by atoms with Crippen LogP contribution in [0.4, 0.5) is 5.69 Å². The number of nitrogens with two attached hydrogens (primary N) is 1. The van der Waals surface area contributed by atoms with Crippen LogP contribution in [-0.2, 0) is 9.53 Å². The Kier molecular flexibility index (Phi) is 6.87. The molecule has 0 saturated carbocycles. The monoisotopic (exact) mass is 312 g/mol. The van der Waals surface area contributed by atoms with Crippen LogP contribution in [0.2, 0.25) is 0 Å². The van der Waals surface area contributed by atoms with Crippen LogP contribution in [0.3, 0.4) is 0 Å². The molecule has 1 rings (SSSR count). The molecular formula is C14H20N2O4S. The lowest BCUT2D eigenvalue weighted by atomic mass is 10.1. The number of hydrogen-bond donors (Lipinski definition) is 2. The molecule has 0 saturated heterocycles. The third kappa shape index (κ3) is 4.86. The number of esters is 1. The molecule has 0 bridgehead atoms. The van der Waals surface area contributed by atoms with Gasteiger partial charge in [-0.15, -0.1) is 0 Å². The Labute approximate surface area is 128 Å². The number of amides is 1. The van der Waals surface area contributed by atoms with E-state index < -0.39 is 12.0 Å². The molecule has 0 aromatic heterocycles. The maximum Gasteiger partial charge on any atom is 0.328 e. The Morgan fingerprint density at radius 1 is 1.38 bits per heavy atom. The second-order valence-corrected chi connectivity index (χ2v) is 5.27. The highest BCUT2D eigenvalue weighted by molar-refractivity contribution is 7.98. The number of nitrogen functional groups attached to an aromatic ring is 1. The van der Waals surface area contributed by atoms with Gasteiger partial charge in [-0.05, 0) is 36.6 Å². The molecule has 0 aliphatic rings. The van der Waals surface area contributed by atoms with Crippen molar-refractivity contribution in [1.29, 1.82) is 0 Å². The maximum atomic E-state index is 12.2. The lowest BCUT2D eigenvalue weighted by molar-refractivity contribution is -0.142. The van der Waals surface area contributed by atoms with Crippen LogP contribution in [0.25, 0.3) is 0 Å². The second-order valence-electron chi connectivity index (χ2n) is 4.29. The number of benzene rings is 1. The van der Waals surface area contributed by atoms with Gasteiger partial charge < -0.3 is 20.5 Å². The number of carbonyl (C=O) groups is 2. The fraction of sp³-hybridized carbons (Fsp3) is 0.429. The molecule has 1 aromatic rings. The van der Waals surface area contributed by atoms with Gasteiger partial charge in [0.1, 0.15) is 11.8 Å². The summed E-state index contributed by atoms with van der Waals surface area (Å²) in [7, 11) is 2.77. The van der Waals surface area contributed by atoms with Gasteiger partial charge in [-0.2, -0.15) is 11.8 Å². The zero-order chi connectivity index (χ0) is 15.8. The predicted octanol–water partition coefficient (Wildman–Crippen LogP) is 1.30. The first-order valence-electron chi connectivity index (χ1n) is 6.34. The molecule has 116 valence electrons. The minimum atomic E-state index is -0.668. The minimum Gasteiger partial charge on any atom is -0.495 e. The molecule has 1 aromatic carbocycles. The third-order valence-electron chi connectivity index (χ3n) is 2.90. The molecule has 1 atom stereocenters. The number of carbonyl (C=O) groups excluding carboxylic acids is 2. The standard InChI is InChI=1S/C14H20N2O4S/c1-19-12-8-9(4-5-10(12)15)13(17)16-11(6-7-21-3)14(18)20-2/h4-5,8,11H,6-7,15H2,1-3H3,(H,16,17)/t11-/m0/s1. The lowest BCUT2D eigenvalue weighted by Gasteiger charge is -2.16. The van der Waals surface area contributed by atoms with Crippen LogP contribution in [0.1, 0.15) is 16.8 Å². The summed E-state index contributed by atoms with van der Waals surface area (Å²) in [5.41, 5.74) is 6.52. The van der Waals surface area contributed by atoms with Crippen molar-refractivity contribution < 1.29 is 19.1 Å². The van der Waals surface area contributed by atoms with E-state index in [0.29, 0.717) is 23.4 Å². The number of nitrogens with one attached hydrogen (secondary N) is 1. The van der Waals surface area contributed by atoms with Gasteiger partial charge in [-0.3, -0.25) is 4.79 Å². The molecule has 0 aliphatic heterocycles. The van der Waals surface area contributed by atoms with E-state index in [1.807, 2.05) is 6.26 Å². The van der Waals surface area contributed by atoms with Crippen LogP contribution in [0, 0.1) is 0 Å². The Morgan fingerprint density at radius 2 is 2.10 bits per heavy atom. The van der Waals surface area contributed by atoms with Gasteiger partial charge in [0.25, 0.3) is 5.91 Å². The Bertz CT molecular complexity index is 508. The molecule has 21 heavy (non-hydrogen) atoms. The number of hydrogen-bond acceptors (Lipinski definition) is 6. The molecule has 0 radical (unpaired) electrons. The van der Waals surface area contributed by atoms with Crippen LogP contribution in [-0.4, -0.2) is 44.1 Å². The van der Waals surface area contributed by atoms with Crippen LogP contribution >= 0.6 is 11.8 Å². The normalized spacial score (nSPS) is 11.6. The Morgan fingerprint density at radius 3 is 2.67 bits per heavy atom. The number of ether oxygens (including phenoxy) is 2. The summed E-state index contributed by atoms with van der Waals surface area (Å²) in [6.07, 6.45) is 2.44. The molecule has 0 spiro atoms. The summed E-state index contributed by atoms with van der Waals surface area (Å²) in [4.78, 5) is 23.9. The van der Waals surface area contributed by atoms with Gasteiger partial charge in [-0.25, -0.2) is 4.79 Å². The number of rotatable bonds is 7. The van der Waals surface area contributed by atoms with E-state index in [4.69, 9.17) is 15.2 Å². The van der Waals surface area contributed by atoms with Gasteiger partial charge in [0.05, 0.1) is 19.9 Å². The first-order chi connectivity index (χ1) is 10.0. The number of methoxy groups -OCH3 is 2. The molecule has 3 N–H and O–H groups in total. The van der Waals surface area contributed by atoms with Crippen LogP contribution in [0.15, 0.2) is 18.2 Å². The molecule has 1 amide bonds. The van der Waals surface area contributed by atoms with Crippen molar-refractivity contribution in [2.45, 2.75) is 12.5 Å². The highest BCUT2D eigenvalue weighted by Crippen LogP contribution is 2.22. The first-order valence-corrected chi connectivity index (χ1v) is 7.74. The molecule has 7 heteroatoms. The molecule has 0 heterocycles. The fourth-order valence-corrected chi connectivity index (χ4v) is 2.19. The summed E-state index contributed by atoms with van der Waals surface area (Å²) in [6, 6.07) is 4.03. The molecule has 6 nitrogen and oxygen atoms in total. The molecule has 0 aliphatic carbocycles. The molecule has 0 fully saturated rings. The predicted molar refractivity (Wildman–Crippen MR) is 83.7 cm³/mol. The van der Waals surface area contributed by atoms with E-state index >= 15 is 0 Å². The van der Waals surface area contributed by atoms with Crippen molar-refractivity contribution >= 4 is 29.3 Å². The van der Waals surface area contributed by atoms with Gasteiger partial charge in [0.15, 0.2) is 0 Å². The Hall–Kier alpha value is -1.89. The van der Waals surface area contributed by atoms with E-state index in [1.54, 1.807) is 23.9 Å². The topological polar surface area (TPSA) is 90.7 Å². The van der Waals surface area contributed by atoms with E-state index in [-0.39, 0.29) is 5.91 Å². The van der Waals surface area contributed by atoms with Crippen molar-refractivity contribution in [3.63, 3.8) is 0 Å². The second kappa shape index (κ2) is 8.41. The average Bonchev–Trinajstić information content (AvgIpc) is 2.50. The van der Waals surface area contributed by atoms with E-state index in [2.05, 4.69) is 5.32 Å². The lowest BCUT2D eigenvalue weighted by Crippen LogP contribution is -2.41. The number of thioether (sulfide) groups is 1. The first kappa shape index (κ1) is 17.2. The van der Waals surface area contributed by atoms with Gasteiger partial charge in [-0.1, -0.05) is 0 Å². The van der Waals surface area contributed by atoms with Crippen molar-refractivity contribution in [2.24, 2.45) is 0 Å². The number of anilines is 1. The smallest absolute Gasteiger partial charge is 0.328 e. The van der Waals surface area contributed by atoms with E-state index in [0.717, 1.165) is 5.75 Å². The van der Waals surface area contributed by atoms with Gasteiger partial charge in [0, 0.05) is 5.56 Å². The fourth-order valence-electron chi connectivity index (χ4n) is 1.72. The SMILES string of the molecule is COC(=O)[C@H](CCSC)NC(=O)c1ccc(N)c(OC)c1. The van der Waals surface area contributed by atoms with Crippen LogP contribution < -0.4 is 15.8 Å².